The van der Waals surface area contributed by atoms with Gasteiger partial charge in [-0.3, -0.25) is 4.90 Å². The predicted molar refractivity (Wildman–Crippen MR) is 95.7 cm³/mol. The van der Waals surface area contributed by atoms with Gasteiger partial charge in [-0.2, -0.15) is 0 Å². The van der Waals surface area contributed by atoms with E-state index in [-0.39, 0.29) is 24.8 Å². The Kier molecular flexibility index (Phi) is 7.20. The largest absolute Gasteiger partial charge is 0.399 e. The predicted octanol–water partition coefficient (Wildman–Crippen LogP) is 3.28. The lowest BCUT2D eigenvalue weighted by atomic mass is 10.1. The molecule has 2 heterocycles. The molecule has 0 spiro atoms. The average Bonchev–Trinajstić information content (AvgIpc) is 3.01. The first-order valence-corrected chi connectivity index (χ1v) is 7.28. The second-order valence-electron chi connectivity index (χ2n) is 5.64. The van der Waals surface area contributed by atoms with Gasteiger partial charge in [0, 0.05) is 37.2 Å². The van der Waals surface area contributed by atoms with E-state index < -0.39 is 0 Å². The van der Waals surface area contributed by atoms with E-state index in [0.29, 0.717) is 6.04 Å². The number of benzene rings is 1. The van der Waals surface area contributed by atoms with E-state index in [2.05, 4.69) is 39.7 Å². The first kappa shape index (κ1) is 18.8. The van der Waals surface area contributed by atoms with Crippen LogP contribution < -0.4 is 5.73 Å². The third-order valence-corrected chi connectivity index (χ3v) is 4.17. The van der Waals surface area contributed by atoms with Crippen LogP contribution in [0.2, 0.25) is 0 Å². The maximum Gasteiger partial charge on any atom is 0.105 e. The maximum atomic E-state index is 5.87. The minimum atomic E-state index is 0. The Balaban J connectivity index is 0.00000121. The Hall–Kier alpha value is -1.23. The molecule has 1 aromatic heterocycles. The summed E-state index contributed by atoms with van der Waals surface area (Å²) in [5, 5.41) is 0. The SMILES string of the molecule is Cc1nccn1CC1CCCN1Cc1cccc(N)c1.Cl.Cl. The van der Waals surface area contributed by atoms with Crippen molar-refractivity contribution in [2.24, 2.45) is 0 Å². The number of nitrogens with two attached hydrogens (primary N) is 1. The number of aryl methyl sites for hydroxylation is 1. The van der Waals surface area contributed by atoms with Crippen LogP contribution in [0, 0.1) is 6.92 Å². The highest BCUT2D eigenvalue weighted by molar-refractivity contribution is 5.85. The van der Waals surface area contributed by atoms with Crippen LogP contribution in [0.5, 0.6) is 0 Å². The molecule has 1 saturated heterocycles. The van der Waals surface area contributed by atoms with Crippen LogP contribution in [0.1, 0.15) is 24.2 Å². The van der Waals surface area contributed by atoms with Crippen LogP contribution in [-0.4, -0.2) is 27.0 Å². The molecule has 0 radical (unpaired) electrons. The topological polar surface area (TPSA) is 47.1 Å². The zero-order valence-electron chi connectivity index (χ0n) is 12.8. The second-order valence-corrected chi connectivity index (χ2v) is 5.64. The van der Waals surface area contributed by atoms with E-state index in [0.717, 1.165) is 24.6 Å². The Bertz CT molecular complexity index is 585. The number of halogens is 2. The first-order chi connectivity index (χ1) is 9.72. The minimum Gasteiger partial charge on any atom is -0.399 e. The van der Waals surface area contributed by atoms with Crippen LogP contribution >= 0.6 is 24.8 Å². The fourth-order valence-corrected chi connectivity index (χ4v) is 3.06. The van der Waals surface area contributed by atoms with Gasteiger partial charge in [-0.1, -0.05) is 12.1 Å². The van der Waals surface area contributed by atoms with Crippen LogP contribution in [0.15, 0.2) is 36.7 Å². The Morgan fingerprint density at radius 3 is 2.82 bits per heavy atom. The number of nitrogens with zero attached hydrogens (tertiary/aromatic N) is 3. The van der Waals surface area contributed by atoms with Crippen molar-refractivity contribution in [2.45, 2.75) is 38.9 Å². The van der Waals surface area contributed by atoms with E-state index in [1.165, 1.54) is 24.9 Å². The Morgan fingerprint density at radius 1 is 1.32 bits per heavy atom. The molecule has 6 heteroatoms. The summed E-state index contributed by atoms with van der Waals surface area (Å²) in [5.41, 5.74) is 8.02. The molecule has 0 saturated carbocycles. The second kappa shape index (κ2) is 8.42. The molecule has 1 atom stereocenters. The zero-order valence-corrected chi connectivity index (χ0v) is 14.4. The molecule has 122 valence electrons. The van der Waals surface area contributed by atoms with E-state index >= 15 is 0 Å². The van der Waals surface area contributed by atoms with Crippen molar-refractivity contribution in [2.75, 3.05) is 12.3 Å². The normalized spacial score (nSPS) is 17.8. The van der Waals surface area contributed by atoms with Gasteiger partial charge in [0.25, 0.3) is 0 Å². The molecule has 1 unspecified atom stereocenters. The van der Waals surface area contributed by atoms with Crippen LogP contribution in [0.25, 0.3) is 0 Å². The van der Waals surface area contributed by atoms with Crippen molar-refractivity contribution < 1.29 is 0 Å². The molecule has 2 aromatic rings. The lowest BCUT2D eigenvalue weighted by Crippen LogP contribution is -2.32. The monoisotopic (exact) mass is 342 g/mol. The van der Waals surface area contributed by atoms with Gasteiger partial charge in [0.1, 0.15) is 5.82 Å². The molecular weight excluding hydrogens is 319 g/mol. The van der Waals surface area contributed by atoms with Crippen molar-refractivity contribution >= 4 is 30.5 Å². The minimum absolute atomic E-state index is 0. The lowest BCUT2D eigenvalue weighted by molar-refractivity contribution is 0.223. The number of hydrogen-bond acceptors (Lipinski definition) is 3. The van der Waals surface area contributed by atoms with E-state index in [1.807, 2.05) is 18.3 Å². The molecule has 1 fully saturated rings. The zero-order chi connectivity index (χ0) is 13.9. The van der Waals surface area contributed by atoms with Gasteiger partial charge < -0.3 is 10.3 Å². The number of likely N-dealkylation sites (tertiary alicyclic amines) is 1. The standard InChI is InChI=1S/C16H22N4.2ClH/c1-13-18-7-9-19(13)12-16-6-3-8-20(16)11-14-4-2-5-15(17)10-14;;/h2,4-5,7,9-10,16H,3,6,8,11-12,17H2,1H3;2*1H. The fourth-order valence-electron chi connectivity index (χ4n) is 3.06. The summed E-state index contributed by atoms with van der Waals surface area (Å²) in [6, 6.07) is 8.83. The van der Waals surface area contributed by atoms with Crippen molar-refractivity contribution in [3.8, 4) is 0 Å². The highest BCUT2D eigenvalue weighted by Crippen LogP contribution is 2.22. The van der Waals surface area contributed by atoms with Crippen LogP contribution in [-0.2, 0) is 13.1 Å². The summed E-state index contributed by atoms with van der Waals surface area (Å²) in [4.78, 5) is 6.87. The van der Waals surface area contributed by atoms with E-state index in [9.17, 15) is 0 Å². The fraction of sp³-hybridized carbons (Fsp3) is 0.438. The lowest BCUT2D eigenvalue weighted by Gasteiger charge is -2.25. The molecular formula is C16H24Cl2N4. The molecule has 1 aliphatic heterocycles. The van der Waals surface area contributed by atoms with Crippen molar-refractivity contribution in [1.29, 1.82) is 0 Å². The van der Waals surface area contributed by atoms with Gasteiger partial charge in [-0.05, 0) is 44.0 Å². The summed E-state index contributed by atoms with van der Waals surface area (Å²) in [6.07, 6.45) is 6.50. The molecule has 1 aliphatic rings. The molecule has 2 N–H and O–H groups in total. The van der Waals surface area contributed by atoms with Gasteiger partial charge in [-0.15, -0.1) is 24.8 Å². The van der Waals surface area contributed by atoms with E-state index in [4.69, 9.17) is 5.73 Å². The third kappa shape index (κ3) is 4.38. The van der Waals surface area contributed by atoms with Gasteiger partial charge in [0.05, 0.1) is 0 Å². The van der Waals surface area contributed by atoms with E-state index in [1.54, 1.807) is 0 Å². The summed E-state index contributed by atoms with van der Waals surface area (Å²) < 4.78 is 2.25. The molecule has 3 rings (SSSR count). The number of nitrogen functional groups attached to an aromatic ring is 1. The first-order valence-electron chi connectivity index (χ1n) is 7.28. The van der Waals surface area contributed by atoms with Crippen LogP contribution in [0.3, 0.4) is 0 Å². The number of aromatic nitrogens is 2. The summed E-state index contributed by atoms with van der Waals surface area (Å²) in [7, 11) is 0. The Morgan fingerprint density at radius 2 is 2.14 bits per heavy atom. The molecule has 4 nitrogen and oxygen atoms in total. The molecule has 0 amide bonds. The quantitative estimate of drug-likeness (QED) is 0.867. The van der Waals surface area contributed by atoms with Gasteiger partial charge in [0.15, 0.2) is 0 Å². The molecule has 1 aromatic carbocycles. The summed E-state index contributed by atoms with van der Waals surface area (Å²) >= 11 is 0. The number of hydrogen-bond donors (Lipinski definition) is 1. The van der Waals surface area contributed by atoms with Gasteiger partial charge >= 0.3 is 0 Å². The molecule has 0 bridgehead atoms. The summed E-state index contributed by atoms with van der Waals surface area (Å²) in [6.45, 7) is 5.27. The number of anilines is 1. The Labute approximate surface area is 144 Å². The van der Waals surface area contributed by atoms with Crippen molar-refractivity contribution in [3.63, 3.8) is 0 Å². The number of imidazole rings is 1. The molecule has 0 aliphatic carbocycles. The van der Waals surface area contributed by atoms with Crippen molar-refractivity contribution in [1.82, 2.24) is 14.5 Å². The highest BCUT2D eigenvalue weighted by atomic mass is 35.5. The maximum absolute atomic E-state index is 5.87. The third-order valence-electron chi connectivity index (χ3n) is 4.17. The number of rotatable bonds is 4. The van der Waals surface area contributed by atoms with Gasteiger partial charge in [-0.25, -0.2) is 4.98 Å². The van der Waals surface area contributed by atoms with Crippen molar-refractivity contribution in [3.05, 3.63) is 48.0 Å². The average molecular weight is 343 g/mol. The smallest absolute Gasteiger partial charge is 0.105 e. The summed E-state index contributed by atoms with van der Waals surface area (Å²) in [5.74, 6) is 1.10. The van der Waals surface area contributed by atoms with Crippen LogP contribution in [0.4, 0.5) is 5.69 Å². The molecule has 22 heavy (non-hydrogen) atoms. The highest BCUT2D eigenvalue weighted by Gasteiger charge is 2.25. The van der Waals surface area contributed by atoms with Gasteiger partial charge in [0.2, 0.25) is 0 Å².